The number of nitrogens with one attached hydrogen (secondary N) is 1. The molecule has 0 fully saturated rings. The number of halogens is 3. The van der Waals surface area contributed by atoms with E-state index in [0.717, 1.165) is 17.7 Å². The van der Waals surface area contributed by atoms with Crippen molar-refractivity contribution in [3.63, 3.8) is 0 Å². The maximum absolute atomic E-state index is 13.1. The molecule has 2 rings (SSSR count). The van der Waals surface area contributed by atoms with Crippen LogP contribution in [0.2, 0.25) is 0 Å². The number of aliphatic carboxylic acids is 1. The zero-order chi connectivity index (χ0) is 21.1. The predicted octanol–water partition coefficient (Wildman–Crippen LogP) is 4.43. The molecule has 0 heterocycles. The summed E-state index contributed by atoms with van der Waals surface area (Å²) in [5.74, 6) is -2.40. The lowest BCUT2D eigenvalue weighted by Crippen LogP contribution is -2.42. The highest BCUT2D eigenvalue weighted by Gasteiger charge is 2.35. The van der Waals surface area contributed by atoms with E-state index in [1.807, 2.05) is 32.9 Å². The maximum atomic E-state index is 13.1. The van der Waals surface area contributed by atoms with Crippen molar-refractivity contribution >= 4 is 11.9 Å². The van der Waals surface area contributed by atoms with Gasteiger partial charge in [0.15, 0.2) is 0 Å². The summed E-state index contributed by atoms with van der Waals surface area (Å²) >= 11 is 0. The molecule has 0 aliphatic heterocycles. The first-order chi connectivity index (χ1) is 12.9. The molecule has 0 saturated heterocycles. The van der Waals surface area contributed by atoms with Gasteiger partial charge >= 0.3 is 12.1 Å². The fraction of sp³-hybridized carbons (Fsp3) is 0.333. The molecule has 0 radical (unpaired) electrons. The highest BCUT2D eigenvalue weighted by Crippen LogP contribution is 2.31. The van der Waals surface area contributed by atoms with E-state index >= 15 is 0 Å². The summed E-state index contributed by atoms with van der Waals surface area (Å²) in [6.07, 6.45) is -4.75. The largest absolute Gasteiger partial charge is 0.480 e. The first kappa shape index (κ1) is 21.5. The average molecular weight is 393 g/mol. The van der Waals surface area contributed by atoms with Crippen molar-refractivity contribution in [1.29, 1.82) is 0 Å². The van der Waals surface area contributed by atoms with Gasteiger partial charge in [0.25, 0.3) is 5.91 Å². The summed E-state index contributed by atoms with van der Waals surface area (Å²) in [4.78, 5) is 23.9. The molecule has 0 aromatic heterocycles. The van der Waals surface area contributed by atoms with Crippen LogP contribution in [0.1, 0.15) is 47.8 Å². The lowest BCUT2D eigenvalue weighted by molar-refractivity contribution is -0.139. The van der Waals surface area contributed by atoms with Crippen molar-refractivity contribution in [2.45, 2.75) is 44.8 Å². The average Bonchev–Trinajstić information content (AvgIpc) is 2.60. The number of benzene rings is 2. The van der Waals surface area contributed by atoms with Crippen LogP contribution in [0, 0.1) is 0 Å². The molecule has 0 saturated carbocycles. The fourth-order valence-corrected chi connectivity index (χ4v) is 2.74. The lowest BCUT2D eigenvalue weighted by Gasteiger charge is -2.20. The number of hydrogen-bond acceptors (Lipinski definition) is 2. The Bertz CT molecular complexity index is 852. The van der Waals surface area contributed by atoms with Gasteiger partial charge in [-0.15, -0.1) is 0 Å². The molecule has 1 atom stereocenters. The molecule has 4 nitrogen and oxygen atoms in total. The Morgan fingerprint density at radius 3 is 2.07 bits per heavy atom. The SMILES string of the molecule is CC(C)(C)c1ccc(C[C@@H](NC(=O)c2ccccc2C(F)(F)F)C(=O)O)cc1. The normalized spacial score (nSPS) is 13.1. The van der Waals surface area contributed by atoms with Gasteiger partial charge < -0.3 is 10.4 Å². The lowest BCUT2D eigenvalue weighted by atomic mass is 9.86. The van der Waals surface area contributed by atoms with E-state index in [4.69, 9.17) is 0 Å². The zero-order valence-electron chi connectivity index (χ0n) is 15.8. The highest BCUT2D eigenvalue weighted by atomic mass is 19.4. The van der Waals surface area contributed by atoms with Crippen LogP contribution in [0.4, 0.5) is 13.2 Å². The molecule has 1 amide bonds. The summed E-state index contributed by atoms with van der Waals surface area (Å²) in [5, 5.41) is 11.6. The van der Waals surface area contributed by atoms with Gasteiger partial charge in [-0.2, -0.15) is 13.2 Å². The van der Waals surface area contributed by atoms with Gasteiger partial charge in [0.1, 0.15) is 6.04 Å². The van der Waals surface area contributed by atoms with Gasteiger partial charge in [0.2, 0.25) is 0 Å². The van der Waals surface area contributed by atoms with Crippen molar-refractivity contribution in [3.05, 3.63) is 70.8 Å². The number of carbonyl (C=O) groups excluding carboxylic acids is 1. The topological polar surface area (TPSA) is 66.4 Å². The number of carbonyl (C=O) groups is 2. The molecule has 0 aliphatic rings. The minimum atomic E-state index is -4.71. The minimum absolute atomic E-state index is 0.0420. The van der Waals surface area contributed by atoms with E-state index in [-0.39, 0.29) is 11.8 Å². The van der Waals surface area contributed by atoms with E-state index in [9.17, 15) is 27.9 Å². The smallest absolute Gasteiger partial charge is 0.417 e. The molecular weight excluding hydrogens is 371 g/mol. The summed E-state index contributed by atoms with van der Waals surface area (Å²) in [6, 6.07) is 10.2. The number of carboxylic acids is 1. The van der Waals surface area contributed by atoms with Crippen LogP contribution in [0.15, 0.2) is 48.5 Å². The van der Waals surface area contributed by atoms with Crippen LogP contribution in [0.3, 0.4) is 0 Å². The van der Waals surface area contributed by atoms with Gasteiger partial charge in [0.05, 0.1) is 11.1 Å². The third kappa shape index (κ3) is 5.34. The summed E-state index contributed by atoms with van der Waals surface area (Å²) < 4.78 is 39.3. The number of hydrogen-bond donors (Lipinski definition) is 2. The van der Waals surface area contributed by atoms with E-state index in [2.05, 4.69) is 5.32 Å². The Labute approximate surface area is 161 Å². The Kier molecular flexibility index (Phi) is 6.17. The van der Waals surface area contributed by atoms with Crippen molar-refractivity contribution < 1.29 is 27.9 Å². The molecule has 150 valence electrons. The molecule has 28 heavy (non-hydrogen) atoms. The Hall–Kier alpha value is -2.83. The fourth-order valence-electron chi connectivity index (χ4n) is 2.74. The summed E-state index contributed by atoms with van der Waals surface area (Å²) in [6.45, 7) is 6.13. The predicted molar refractivity (Wildman–Crippen MR) is 99.2 cm³/mol. The van der Waals surface area contributed by atoms with Crippen molar-refractivity contribution in [2.24, 2.45) is 0 Å². The third-order valence-electron chi connectivity index (χ3n) is 4.34. The standard InChI is InChI=1S/C21H22F3NO3/c1-20(2,3)14-10-8-13(9-11-14)12-17(19(27)28)25-18(26)15-6-4-5-7-16(15)21(22,23)24/h4-11,17H,12H2,1-3H3,(H,25,26)(H,27,28)/t17-/m1/s1. The highest BCUT2D eigenvalue weighted by molar-refractivity contribution is 5.98. The summed E-state index contributed by atoms with van der Waals surface area (Å²) in [5.41, 5.74) is -0.0631. The first-order valence-corrected chi connectivity index (χ1v) is 8.69. The van der Waals surface area contributed by atoms with Crippen LogP contribution in [-0.2, 0) is 22.8 Å². The van der Waals surface area contributed by atoms with Crippen LogP contribution in [0.5, 0.6) is 0 Å². The van der Waals surface area contributed by atoms with E-state index in [0.29, 0.717) is 5.56 Å². The van der Waals surface area contributed by atoms with Crippen LogP contribution in [0.25, 0.3) is 0 Å². The van der Waals surface area contributed by atoms with E-state index in [1.54, 1.807) is 12.1 Å². The second kappa shape index (κ2) is 8.04. The van der Waals surface area contributed by atoms with E-state index in [1.165, 1.54) is 12.1 Å². The monoisotopic (exact) mass is 393 g/mol. The minimum Gasteiger partial charge on any atom is -0.480 e. The molecule has 2 N–H and O–H groups in total. The summed E-state index contributed by atoms with van der Waals surface area (Å²) in [7, 11) is 0. The van der Waals surface area contributed by atoms with E-state index < -0.39 is 35.2 Å². The quantitative estimate of drug-likeness (QED) is 0.790. The molecule has 0 unspecified atom stereocenters. The molecule has 0 aliphatic carbocycles. The Morgan fingerprint density at radius 2 is 1.57 bits per heavy atom. The molecule has 2 aromatic rings. The van der Waals surface area contributed by atoms with Gasteiger partial charge in [-0.05, 0) is 28.7 Å². The number of carboxylic acid groups (broad SMARTS) is 1. The van der Waals surface area contributed by atoms with Gasteiger partial charge in [-0.3, -0.25) is 4.79 Å². The number of rotatable bonds is 5. The molecular formula is C21H22F3NO3. The van der Waals surface area contributed by atoms with Crippen LogP contribution < -0.4 is 5.32 Å². The number of amides is 1. The zero-order valence-corrected chi connectivity index (χ0v) is 15.8. The van der Waals surface area contributed by atoms with Gasteiger partial charge in [-0.1, -0.05) is 57.2 Å². The first-order valence-electron chi connectivity index (χ1n) is 8.69. The molecule has 0 bridgehead atoms. The Morgan fingerprint density at radius 1 is 1.00 bits per heavy atom. The third-order valence-corrected chi connectivity index (χ3v) is 4.34. The molecule has 7 heteroatoms. The second-order valence-corrected chi connectivity index (χ2v) is 7.56. The van der Waals surface area contributed by atoms with Gasteiger partial charge in [-0.25, -0.2) is 4.79 Å². The van der Waals surface area contributed by atoms with Crippen molar-refractivity contribution in [2.75, 3.05) is 0 Å². The van der Waals surface area contributed by atoms with Crippen LogP contribution in [-0.4, -0.2) is 23.0 Å². The number of alkyl halides is 3. The maximum Gasteiger partial charge on any atom is 0.417 e. The van der Waals surface area contributed by atoms with Crippen molar-refractivity contribution in [3.8, 4) is 0 Å². The van der Waals surface area contributed by atoms with Crippen molar-refractivity contribution in [1.82, 2.24) is 5.32 Å². The molecule has 0 spiro atoms. The molecule has 2 aromatic carbocycles. The van der Waals surface area contributed by atoms with Crippen LogP contribution >= 0.6 is 0 Å². The Balaban J connectivity index is 2.20. The second-order valence-electron chi connectivity index (χ2n) is 7.56. The van der Waals surface area contributed by atoms with Gasteiger partial charge in [0, 0.05) is 6.42 Å².